The summed E-state index contributed by atoms with van der Waals surface area (Å²) in [4.78, 5) is 4.07. The Bertz CT molecular complexity index is 659. The van der Waals surface area contributed by atoms with Crippen LogP contribution in [0.5, 0.6) is 0 Å². The molecule has 0 radical (unpaired) electrons. The van der Waals surface area contributed by atoms with Crippen LogP contribution in [0.1, 0.15) is 35.7 Å². The van der Waals surface area contributed by atoms with Gasteiger partial charge in [-0.1, -0.05) is 6.07 Å². The fourth-order valence-corrected chi connectivity index (χ4v) is 2.32. The Balaban J connectivity index is 2.09. The van der Waals surface area contributed by atoms with Crippen LogP contribution in [0.3, 0.4) is 0 Å². The molecule has 0 atom stereocenters. The number of halogens is 3. The van der Waals surface area contributed by atoms with Crippen LogP contribution in [0.2, 0.25) is 0 Å². The first-order valence-corrected chi connectivity index (χ1v) is 6.63. The van der Waals surface area contributed by atoms with Crippen molar-refractivity contribution in [1.82, 2.24) is 14.8 Å². The first-order valence-electron chi connectivity index (χ1n) is 6.19. The maximum absolute atomic E-state index is 12.6. The minimum atomic E-state index is -4.53. The lowest BCUT2D eigenvalue weighted by Crippen LogP contribution is -2.09. The van der Waals surface area contributed by atoms with E-state index >= 15 is 0 Å². The lowest BCUT2D eigenvalue weighted by Gasteiger charge is -2.11. The first-order chi connectivity index (χ1) is 9.36. The van der Waals surface area contributed by atoms with E-state index in [0.717, 1.165) is 35.2 Å². The maximum Gasteiger partial charge on any atom is 0.453 e. The van der Waals surface area contributed by atoms with E-state index in [1.54, 1.807) is 6.07 Å². The lowest BCUT2D eigenvalue weighted by molar-refractivity contribution is -0.144. The summed E-state index contributed by atoms with van der Waals surface area (Å²) in [5.74, 6) is -0.725. The molecule has 3 nitrogen and oxygen atoms in total. The van der Waals surface area contributed by atoms with Gasteiger partial charge < -0.3 is 0 Å². The van der Waals surface area contributed by atoms with Crippen LogP contribution < -0.4 is 0 Å². The van der Waals surface area contributed by atoms with E-state index < -0.39 is 12.0 Å². The Morgan fingerprint density at radius 3 is 2.55 bits per heavy atom. The lowest BCUT2D eigenvalue weighted by atomic mass is 10.1. The zero-order chi connectivity index (χ0) is 14.5. The Hall–Kier alpha value is -1.50. The number of alkyl halides is 3. The number of nitrogens with zero attached hydrogens (tertiary/aromatic N) is 3. The fourth-order valence-electron chi connectivity index (χ4n) is 2.14. The van der Waals surface area contributed by atoms with Crippen LogP contribution in [-0.4, -0.2) is 14.8 Å². The molecule has 0 N–H and O–H groups in total. The highest BCUT2D eigenvalue weighted by atomic mass is 32.1. The molecule has 1 saturated carbocycles. The summed E-state index contributed by atoms with van der Waals surface area (Å²) in [6.07, 6.45) is -1.32. The summed E-state index contributed by atoms with van der Waals surface area (Å²) in [6, 6.07) is 3.73. The van der Waals surface area contributed by atoms with E-state index in [2.05, 4.69) is 22.7 Å². The summed E-state index contributed by atoms with van der Waals surface area (Å²) >= 11 is 4.33. The van der Waals surface area contributed by atoms with Gasteiger partial charge in [0, 0.05) is 4.90 Å². The van der Waals surface area contributed by atoms with Gasteiger partial charge in [-0.25, -0.2) is 9.67 Å². The van der Waals surface area contributed by atoms with Gasteiger partial charge in [0.05, 0.1) is 5.69 Å². The quantitative estimate of drug-likeness (QED) is 0.856. The molecule has 0 spiro atoms. The summed E-state index contributed by atoms with van der Waals surface area (Å²) in [5, 5.41) is 3.54. The molecule has 0 unspecified atom stereocenters. The number of benzene rings is 1. The van der Waals surface area contributed by atoms with E-state index in [1.807, 2.05) is 13.0 Å². The van der Waals surface area contributed by atoms with E-state index in [4.69, 9.17) is 0 Å². The monoisotopic (exact) mass is 299 g/mol. The van der Waals surface area contributed by atoms with Gasteiger partial charge in [-0.2, -0.15) is 13.2 Å². The SMILES string of the molecule is Cc1cc(C2CC2)c(-n2cnc(C(F)(F)F)n2)cc1S. The van der Waals surface area contributed by atoms with Crippen LogP contribution in [-0.2, 0) is 6.18 Å². The van der Waals surface area contributed by atoms with Gasteiger partial charge in [-0.3, -0.25) is 0 Å². The molecule has 20 heavy (non-hydrogen) atoms. The van der Waals surface area contributed by atoms with Gasteiger partial charge in [0.2, 0.25) is 0 Å². The molecule has 1 aliphatic carbocycles. The third-order valence-electron chi connectivity index (χ3n) is 3.35. The van der Waals surface area contributed by atoms with Crippen molar-refractivity contribution in [3.8, 4) is 5.69 Å². The number of aromatic nitrogens is 3. The molecule has 0 bridgehead atoms. The number of thiol groups is 1. The number of hydrogen-bond acceptors (Lipinski definition) is 3. The molecule has 0 saturated heterocycles. The fraction of sp³-hybridized carbons (Fsp3) is 0.385. The van der Waals surface area contributed by atoms with E-state index in [0.29, 0.717) is 11.6 Å². The van der Waals surface area contributed by atoms with Crippen molar-refractivity contribution < 1.29 is 13.2 Å². The predicted molar refractivity (Wildman–Crippen MR) is 70.3 cm³/mol. The summed E-state index contributed by atoms with van der Waals surface area (Å²) in [7, 11) is 0. The van der Waals surface area contributed by atoms with Crippen LogP contribution in [0.15, 0.2) is 23.4 Å². The number of rotatable bonds is 2. The minimum absolute atomic E-state index is 0.399. The van der Waals surface area contributed by atoms with Gasteiger partial charge in [0.25, 0.3) is 5.82 Å². The van der Waals surface area contributed by atoms with Gasteiger partial charge >= 0.3 is 6.18 Å². The zero-order valence-corrected chi connectivity index (χ0v) is 11.5. The molecule has 106 valence electrons. The Kier molecular flexibility index (Phi) is 3.04. The van der Waals surface area contributed by atoms with Crippen molar-refractivity contribution in [2.75, 3.05) is 0 Å². The van der Waals surface area contributed by atoms with Crippen LogP contribution in [0.25, 0.3) is 5.69 Å². The van der Waals surface area contributed by atoms with E-state index in [-0.39, 0.29) is 0 Å². The van der Waals surface area contributed by atoms with Crippen LogP contribution in [0.4, 0.5) is 13.2 Å². The molecule has 0 amide bonds. The highest BCUT2D eigenvalue weighted by Crippen LogP contribution is 2.43. The molecule has 2 aromatic rings. The van der Waals surface area contributed by atoms with Crippen molar-refractivity contribution in [2.24, 2.45) is 0 Å². The smallest absolute Gasteiger partial charge is 0.220 e. The van der Waals surface area contributed by atoms with Gasteiger partial charge in [-0.15, -0.1) is 17.7 Å². The highest BCUT2D eigenvalue weighted by molar-refractivity contribution is 7.80. The molecule has 1 fully saturated rings. The molecule has 1 aromatic heterocycles. The molecule has 7 heteroatoms. The second kappa shape index (κ2) is 4.51. The van der Waals surface area contributed by atoms with Crippen molar-refractivity contribution in [1.29, 1.82) is 0 Å². The average Bonchev–Trinajstić information content (AvgIpc) is 3.07. The van der Waals surface area contributed by atoms with E-state index in [1.165, 1.54) is 4.68 Å². The standard InChI is InChI=1S/C13H12F3N3S/c1-7-4-9(8-2-3-8)10(5-11(7)20)19-6-17-12(18-19)13(14,15)16/h4-6,8,20H,2-3H2,1H3. The average molecular weight is 299 g/mol. The maximum atomic E-state index is 12.6. The topological polar surface area (TPSA) is 30.7 Å². The third kappa shape index (κ3) is 2.42. The second-order valence-corrected chi connectivity index (χ2v) is 5.46. The molecule has 1 aromatic carbocycles. The molecule has 1 aliphatic rings. The van der Waals surface area contributed by atoms with Gasteiger partial charge in [0.15, 0.2) is 0 Å². The third-order valence-corrected chi connectivity index (χ3v) is 3.84. The van der Waals surface area contributed by atoms with Gasteiger partial charge in [0.1, 0.15) is 6.33 Å². The second-order valence-electron chi connectivity index (χ2n) is 4.98. The van der Waals surface area contributed by atoms with Crippen LogP contribution >= 0.6 is 12.6 Å². The molecule has 0 aliphatic heterocycles. The largest absolute Gasteiger partial charge is 0.453 e. The van der Waals surface area contributed by atoms with Crippen molar-refractivity contribution >= 4 is 12.6 Å². The number of aryl methyl sites for hydroxylation is 1. The number of hydrogen-bond donors (Lipinski definition) is 1. The predicted octanol–water partition coefficient (Wildman–Crippen LogP) is 3.76. The summed E-state index contributed by atoms with van der Waals surface area (Å²) in [6.45, 7) is 1.93. The van der Waals surface area contributed by atoms with Gasteiger partial charge in [-0.05, 0) is 42.9 Å². The summed E-state index contributed by atoms with van der Waals surface area (Å²) < 4.78 is 38.9. The molecule has 3 rings (SSSR count). The summed E-state index contributed by atoms with van der Waals surface area (Å²) in [5.41, 5.74) is 2.65. The zero-order valence-electron chi connectivity index (χ0n) is 10.6. The van der Waals surface area contributed by atoms with Crippen molar-refractivity contribution in [3.63, 3.8) is 0 Å². The molecule has 1 heterocycles. The molecular weight excluding hydrogens is 287 g/mol. The van der Waals surface area contributed by atoms with Crippen LogP contribution in [0, 0.1) is 6.92 Å². The normalized spacial score (nSPS) is 15.7. The van der Waals surface area contributed by atoms with Crippen molar-refractivity contribution in [2.45, 2.75) is 36.8 Å². The highest BCUT2D eigenvalue weighted by Gasteiger charge is 2.36. The Labute approximate surface area is 119 Å². The van der Waals surface area contributed by atoms with E-state index in [9.17, 15) is 13.2 Å². The Morgan fingerprint density at radius 2 is 2.00 bits per heavy atom. The Morgan fingerprint density at radius 1 is 1.30 bits per heavy atom. The first kappa shape index (κ1) is 13.5. The molecular formula is C13H12F3N3S. The van der Waals surface area contributed by atoms with Crippen molar-refractivity contribution in [3.05, 3.63) is 35.4 Å². The minimum Gasteiger partial charge on any atom is -0.220 e.